The van der Waals surface area contributed by atoms with Gasteiger partial charge in [-0.2, -0.15) is 0 Å². The minimum absolute atomic E-state index is 0.0266. The van der Waals surface area contributed by atoms with E-state index in [9.17, 15) is 8.42 Å². The van der Waals surface area contributed by atoms with Gasteiger partial charge in [0.15, 0.2) is 9.84 Å². The minimum atomic E-state index is -2.81. The van der Waals surface area contributed by atoms with Crippen molar-refractivity contribution in [3.05, 3.63) is 0 Å². The van der Waals surface area contributed by atoms with Crippen molar-refractivity contribution in [3.8, 4) is 0 Å². The third-order valence-electron chi connectivity index (χ3n) is 3.42. The molecule has 0 bridgehead atoms. The first kappa shape index (κ1) is 14.0. The van der Waals surface area contributed by atoms with Crippen LogP contribution >= 0.6 is 0 Å². The zero-order chi connectivity index (χ0) is 12.2. The van der Waals surface area contributed by atoms with E-state index in [2.05, 4.69) is 20.8 Å². The van der Waals surface area contributed by atoms with Crippen molar-refractivity contribution in [2.24, 2.45) is 5.41 Å². The van der Waals surface area contributed by atoms with Crippen LogP contribution in [0.25, 0.3) is 0 Å². The lowest BCUT2D eigenvalue weighted by atomic mass is 9.91. The molecular formula is C13H26O2S. The molecule has 1 rings (SSSR count). The van der Waals surface area contributed by atoms with E-state index in [1.165, 1.54) is 6.42 Å². The van der Waals surface area contributed by atoms with Crippen LogP contribution < -0.4 is 0 Å². The molecule has 0 aromatic rings. The molecular weight excluding hydrogens is 220 g/mol. The van der Waals surface area contributed by atoms with Crippen molar-refractivity contribution in [3.63, 3.8) is 0 Å². The summed E-state index contributed by atoms with van der Waals surface area (Å²) in [4.78, 5) is 0. The predicted octanol–water partition coefficient (Wildman–Crippen LogP) is 3.56. The monoisotopic (exact) mass is 246 g/mol. The second-order valence-corrected chi connectivity index (χ2v) is 8.69. The summed E-state index contributed by atoms with van der Waals surface area (Å²) in [5.74, 6) is 0.398. The molecule has 0 unspecified atom stereocenters. The Labute approximate surface area is 101 Å². The van der Waals surface area contributed by atoms with Crippen molar-refractivity contribution >= 4 is 9.84 Å². The van der Waals surface area contributed by atoms with Crippen molar-refractivity contribution in [1.82, 2.24) is 0 Å². The van der Waals surface area contributed by atoms with Crippen molar-refractivity contribution in [2.75, 3.05) is 5.75 Å². The molecule has 0 heterocycles. The minimum Gasteiger partial charge on any atom is -0.229 e. The average molecular weight is 246 g/mol. The standard InChI is InChI=1S/C13H26O2S/c1-13(2,3)10-7-11-16(14,15)12-8-5-4-6-9-12/h12H,4-11H2,1-3H3. The molecule has 0 radical (unpaired) electrons. The molecule has 0 atom stereocenters. The van der Waals surface area contributed by atoms with Gasteiger partial charge in [0, 0.05) is 0 Å². The predicted molar refractivity (Wildman–Crippen MR) is 69.3 cm³/mol. The van der Waals surface area contributed by atoms with Crippen molar-refractivity contribution in [1.29, 1.82) is 0 Å². The van der Waals surface area contributed by atoms with Gasteiger partial charge in [-0.25, -0.2) is 8.42 Å². The van der Waals surface area contributed by atoms with Crippen LogP contribution in [0.2, 0.25) is 0 Å². The van der Waals surface area contributed by atoms with Crippen LogP contribution in [0.1, 0.15) is 65.7 Å². The third-order valence-corrected chi connectivity index (χ3v) is 5.76. The van der Waals surface area contributed by atoms with E-state index in [0.717, 1.165) is 38.5 Å². The summed E-state index contributed by atoms with van der Waals surface area (Å²) < 4.78 is 24.1. The molecule has 0 aliphatic heterocycles. The normalized spacial score (nSPS) is 19.9. The molecule has 0 amide bonds. The lowest BCUT2D eigenvalue weighted by Gasteiger charge is -2.23. The summed E-state index contributed by atoms with van der Waals surface area (Å²) in [6.45, 7) is 6.50. The van der Waals surface area contributed by atoms with Crippen LogP contribution in [0.5, 0.6) is 0 Å². The van der Waals surface area contributed by atoms with Crippen LogP contribution in [-0.4, -0.2) is 19.4 Å². The Balaban J connectivity index is 2.39. The first-order valence-electron chi connectivity index (χ1n) is 6.53. The summed E-state index contributed by atoms with van der Waals surface area (Å²) >= 11 is 0. The van der Waals surface area contributed by atoms with E-state index in [1.807, 2.05) is 0 Å². The summed E-state index contributed by atoms with van der Waals surface area (Å²) in [6.07, 6.45) is 7.04. The van der Waals surface area contributed by atoms with Gasteiger partial charge in [0.05, 0.1) is 11.0 Å². The zero-order valence-corrected chi connectivity index (χ0v) is 11.8. The Morgan fingerprint density at radius 3 is 2.12 bits per heavy atom. The van der Waals surface area contributed by atoms with Gasteiger partial charge >= 0.3 is 0 Å². The maximum absolute atomic E-state index is 12.1. The molecule has 1 saturated carbocycles. The summed E-state index contributed by atoms with van der Waals surface area (Å²) in [5, 5.41) is -0.0266. The second kappa shape index (κ2) is 5.52. The number of rotatable bonds is 4. The number of hydrogen-bond donors (Lipinski definition) is 0. The maximum atomic E-state index is 12.1. The van der Waals surface area contributed by atoms with Gasteiger partial charge in [-0.1, -0.05) is 40.0 Å². The number of sulfone groups is 1. The van der Waals surface area contributed by atoms with Gasteiger partial charge in [-0.05, 0) is 31.1 Å². The molecule has 2 nitrogen and oxygen atoms in total. The van der Waals surface area contributed by atoms with Gasteiger partial charge in [0.1, 0.15) is 0 Å². The van der Waals surface area contributed by atoms with Gasteiger partial charge in [-0.15, -0.1) is 0 Å². The summed E-state index contributed by atoms with van der Waals surface area (Å²) in [6, 6.07) is 0. The van der Waals surface area contributed by atoms with E-state index in [-0.39, 0.29) is 10.7 Å². The number of hydrogen-bond acceptors (Lipinski definition) is 2. The van der Waals surface area contributed by atoms with E-state index in [0.29, 0.717) is 5.75 Å². The molecule has 0 N–H and O–H groups in total. The molecule has 1 fully saturated rings. The summed E-state index contributed by atoms with van der Waals surface area (Å²) in [7, 11) is -2.81. The van der Waals surface area contributed by atoms with Crippen LogP contribution in [0, 0.1) is 5.41 Å². The lowest BCUT2D eigenvalue weighted by Crippen LogP contribution is -2.26. The van der Waals surface area contributed by atoms with E-state index < -0.39 is 9.84 Å². The highest BCUT2D eigenvalue weighted by molar-refractivity contribution is 7.92. The Morgan fingerprint density at radius 1 is 1.06 bits per heavy atom. The maximum Gasteiger partial charge on any atom is 0.153 e. The quantitative estimate of drug-likeness (QED) is 0.760. The van der Waals surface area contributed by atoms with Crippen LogP contribution in [0.15, 0.2) is 0 Å². The highest BCUT2D eigenvalue weighted by Crippen LogP contribution is 2.26. The van der Waals surface area contributed by atoms with Crippen LogP contribution in [-0.2, 0) is 9.84 Å². The second-order valence-electron chi connectivity index (χ2n) is 6.29. The molecule has 3 heteroatoms. The average Bonchev–Trinajstić information content (AvgIpc) is 2.17. The molecule has 0 aromatic heterocycles. The van der Waals surface area contributed by atoms with E-state index >= 15 is 0 Å². The molecule has 96 valence electrons. The Kier molecular flexibility index (Phi) is 4.84. The lowest BCUT2D eigenvalue weighted by molar-refractivity contribution is 0.372. The fraction of sp³-hybridized carbons (Fsp3) is 1.00. The molecule has 0 spiro atoms. The Morgan fingerprint density at radius 2 is 1.62 bits per heavy atom. The Hall–Kier alpha value is -0.0500. The van der Waals surface area contributed by atoms with E-state index in [4.69, 9.17) is 0 Å². The topological polar surface area (TPSA) is 34.1 Å². The van der Waals surface area contributed by atoms with Gasteiger partial charge < -0.3 is 0 Å². The SMILES string of the molecule is CC(C)(C)CCCS(=O)(=O)C1CCCCC1. The fourth-order valence-corrected chi connectivity index (χ4v) is 4.33. The van der Waals surface area contributed by atoms with Gasteiger partial charge in [-0.3, -0.25) is 0 Å². The molecule has 0 saturated heterocycles. The first-order chi connectivity index (χ1) is 7.31. The Bertz CT molecular complexity index is 292. The fourth-order valence-electron chi connectivity index (χ4n) is 2.39. The van der Waals surface area contributed by atoms with Crippen LogP contribution in [0.4, 0.5) is 0 Å². The van der Waals surface area contributed by atoms with E-state index in [1.54, 1.807) is 0 Å². The van der Waals surface area contributed by atoms with Crippen molar-refractivity contribution < 1.29 is 8.42 Å². The molecule has 1 aliphatic rings. The highest BCUT2D eigenvalue weighted by Gasteiger charge is 2.27. The molecule has 16 heavy (non-hydrogen) atoms. The van der Waals surface area contributed by atoms with Crippen LogP contribution in [0.3, 0.4) is 0 Å². The van der Waals surface area contributed by atoms with Gasteiger partial charge in [0.25, 0.3) is 0 Å². The smallest absolute Gasteiger partial charge is 0.153 e. The molecule has 1 aliphatic carbocycles. The third kappa shape index (κ3) is 4.86. The molecule has 0 aromatic carbocycles. The largest absolute Gasteiger partial charge is 0.229 e. The highest BCUT2D eigenvalue weighted by atomic mass is 32.2. The van der Waals surface area contributed by atoms with Gasteiger partial charge in [0.2, 0.25) is 0 Å². The van der Waals surface area contributed by atoms with Crippen molar-refractivity contribution in [2.45, 2.75) is 71.0 Å². The zero-order valence-electron chi connectivity index (χ0n) is 11.0. The summed E-state index contributed by atoms with van der Waals surface area (Å²) in [5.41, 5.74) is 0.252. The first-order valence-corrected chi connectivity index (χ1v) is 8.24.